The van der Waals surface area contributed by atoms with E-state index in [-0.39, 0.29) is 0 Å². The van der Waals surface area contributed by atoms with Crippen molar-refractivity contribution in [1.29, 1.82) is 0 Å². The molecule has 2 rings (SSSR count). The van der Waals surface area contributed by atoms with Crippen molar-refractivity contribution in [2.45, 2.75) is 33.4 Å². The fourth-order valence-electron chi connectivity index (χ4n) is 2.10. The Morgan fingerprint density at radius 2 is 2.00 bits per heavy atom. The normalized spacial score (nSPS) is 12.7. The van der Waals surface area contributed by atoms with Crippen LogP contribution in [0.25, 0.3) is 0 Å². The van der Waals surface area contributed by atoms with Gasteiger partial charge in [0.2, 0.25) is 0 Å². The fourth-order valence-corrected chi connectivity index (χ4v) is 2.10. The van der Waals surface area contributed by atoms with E-state index in [2.05, 4.69) is 36.6 Å². The number of hydrogen-bond acceptors (Lipinski definition) is 1. The van der Waals surface area contributed by atoms with Crippen molar-refractivity contribution in [1.82, 2.24) is 4.57 Å². The molecule has 0 spiro atoms. The third-order valence-corrected chi connectivity index (χ3v) is 3.14. The molecule has 90 valence electrons. The van der Waals surface area contributed by atoms with Crippen molar-refractivity contribution in [3.63, 3.8) is 0 Å². The standard InChI is InChI=1S/C15H19NO/c1-11-6-7-12(2)14(9-11)10-16-8-4-5-15(16)13(3)17/h4-9,13,17H,10H2,1-3H3. The molecule has 2 aromatic rings. The van der Waals surface area contributed by atoms with E-state index in [4.69, 9.17) is 0 Å². The van der Waals surface area contributed by atoms with Gasteiger partial charge in [-0.15, -0.1) is 0 Å². The van der Waals surface area contributed by atoms with Gasteiger partial charge in [0.1, 0.15) is 0 Å². The predicted octanol–water partition coefficient (Wildman–Crippen LogP) is 3.21. The summed E-state index contributed by atoms with van der Waals surface area (Å²) in [5.74, 6) is 0. The molecule has 0 amide bonds. The molecule has 2 heteroatoms. The quantitative estimate of drug-likeness (QED) is 0.859. The average Bonchev–Trinajstić information content (AvgIpc) is 2.71. The van der Waals surface area contributed by atoms with Crippen LogP contribution in [0.2, 0.25) is 0 Å². The smallest absolute Gasteiger partial charge is 0.0911 e. The van der Waals surface area contributed by atoms with Gasteiger partial charge in [-0.25, -0.2) is 0 Å². The van der Waals surface area contributed by atoms with Crippen molar-refractivity contribution in [2.75, 3.05) is 0 Å². The van der Waals surface area contributed by atoms with Gasteiger partial charge in [0.25, 0.3) is 0 Å². The van der Waals surface area contributed by atoms with Crippen LogP contribution in [0.3, 0.4) is 0 Å². The molecule has 0 fully saturated rings. The van der Waals surface area contributed by atoms with E-state index in [1.807, 2.05) is 18.3 Å². The summed E-state index contributed by atoms with van der Waals surface area (Å²) in [4.78, 5) is 0. The van der Waals surface area contributed by atoms with Crippen LogP contribution in [-0.2, 0) is 6.54 Å². The third kappa shape index (κ3) is 2.59. The molecule has 1 aromatic carbocycles. The second-order valence-corrected chi connectivity index (χ2v) is 4.67. The molecule has 0 bridgehead atoms. The van der Waals surface area contributed by atoms with Gasteiger partial charge in [0.15, 0.2) is 0 Å². The summed E-state index contributed by atoms with van der Waals surface area (Å²) >= 11 is 0. The molecule has 0 saturated carbocycles. The highest BCUT2D eigenvalue weighted by molar-refractivity contribution is 5.31. The summed E-state index contributed by atoms with van der Waals surface area (Å²) in [7, 11) is 0. The third-order valence-electron chi connectivity index (χ3n) is 3.14. The number of aliphatic hydroxyl groups is 1. The summed E-state index contributed by atoms with van der Waals surface area (Å²) in [6.45, 7) is 6.85. The van der Waals surface area contributed by atoms with E-state index >= 15 is 0 Å². The summed E-state index contributed by atoms with van der Waals surface area (Å²) in [6.07, 6.45) is 1.60. The highest BCUT2D eigenvalue weighted by Gasteiger charge is 2.08. The molecule has 2 nitrogen and oxygen atoms in total. The number of benzene rings is 1. The first-order valence-electron chi connectivity index (χ1n) is 5.97. The Hall–Kier alpha value is -1.54. The zero-order chi connectivity index (χ0) is 12.4. The Morgan fingerprint density at radius 1 is 1.24 bits per heavy atom. The molecule has 1 N–H and O–H groups in total. The summed E-state index contributed by atoms with van der Waals surface area (Å²) in [5, 5.41) is 9.67. The minimum Gasteiger partial charge on any atom is -0.387 e. The van der Waals surface area contributed by atoms with Gasteiger partial charge in [-0.1, -0.05) is 23.8 Å². The maximum Gasteiger partial charge on any atom is 0.0911 e. The van der Waals surface area contributed by atoms with Gasteiger partial charge in [0, 0.05) is 18.4 Å². The highest BCUT2D eigenvalue weighted by Crippen LogP contribution is 2.17. The van der Waals surface area contributed by atoms with Crippen LogP contribution >= 0.6 is 0 Å². The number of hydrogen-bond donors (Lipinski definition) is 1. The fraction of sp³-hybridized carbons (Fsp3) is 0.333. The molecule has 0 aliphatic rings. The lowest BCUT2D eigenvalue weighted by molar-refractivity contribution is 0.190. The Balaban J connectivity index is 2.31. The predicted molar refractivity (Wildman–Crippen MR) is 70.1 cm³/mol. The lowest BCUT2D eigenvalue weighted by Gasteiger charge is -2.13. The second-order valence-electron chi connectivity index (χ2n) is 4.67. The number of rotatable bonds is 3. The maximum absolute atomic E-state index is 9.67. The molecule has 0 aliphatic heterocycles. The number of nitrogens with zero attached hydrogens (tertiary/aromatic N) is 1. The Kier molecular flexibility index (Phi) is 3.34. The van der Waals surface area contributed by atoms with Crippen LogP contribution in [-0.4, -0.2) is 9.67 Å². The van der Waals surface area contributed by atoms with Crippen LogP contribution in [0.15, 0.2) is 36.5 Å². The maximum atomic E-state index is 9.67. The Bertz CT molecular complexity index is 511. The molecule has 1 aromatic heterocycles. The first-order valence-corrected chi connectivity index (χ1v) is 5.97. The second kappa shape index (κ2) is 4.76. The zero-order valence-electron chi connectivity index (χ0n) is 10.6. The summed E-state index contributed by atoms with van der Waals surface area (Å²) in [6, 6.07) is 10.4. The van der Waals surface area contributed by atoms with E-state index in [1.54, 1.807) is 6.92 Å². The van der Waals surface area contributed by atoms with Crippen LogP contribution in [0.1, 0.15) is 35.4 Å². The number of aliphatic hydroxyl groups excluding tert-OH is 1. The SMILES string of the molecule is Cc1ccc(C)c(Cn2cccc2C(C)O)c1. The summed E-state index contributed by atoms with van der Waals surface area (Å²) in [5.41, 5.74) is 4.84. The monoisotopic (exact) mass is 229 g/mol. The van der Waals surface area contributed by atoms with Crippen molar-refractivity contribution in [3.05, 3.63) is 58.9 Å². The molecular weight excluding hydrogens is 210 g/mol. The topological polar surface area (TPSA) is 25.2 Å². The van der Waals surface area contributed by atoms with Crippen LogP contribution < -0.4 is 0 Å². The zero-order valence-corrected chi connectivity index (χ0v) is 10.6. The molecule has 1 atom stereocenters. The molecule has 0 radical (unpaired) electrons. The van der Waals surface area contributed by atoms with Gasteiger partial charge in [-0.2, -0.15) is 0 Å². The highest BCUT2D eigenvalue weighted by atomic mass is 16.3. The molecule has 0 saturated heterocycles. The average molecular weight is 229 g/mol. The summed E-state index contributed by atoms with van der Waals surface area (Å²) < 4.78 is 2.10. The van der Waals surface area contributed by atoms with Gasteiger partial charge < -0.3 is 9.67 Å². The molecule has 0 aliphatic carbocycles. The van der Waals surface area contributed by atoms with Crippen molar-refractivity contribution < 1.29 is 5.11 Å². The van der Waals surface area contributed by atoms with Gasteiger partial charge in [-0.05, 0) is 44.0 Å². The van der Waals surface area contributed by atoms with Crippen LogP contribution in [0.4, 0.5) is 0 Å². The van der Waals surface area contributed by atoms with Gasteiger partial charge in [-0.3, -0.25) is 0 Å². The van der Waals surface area contributed by atoms with Crippen molar-refractivity contribution in [2.24, 2.45) is 0 Å². The number of aryl methyl sites for hydroxylation is 2. The van der Waals surface area contributed by atoms with Gasteiger partial charge >= 0.3 is 0 Å². The van der Waals surface area contributed by atoms with Crippen molar-refractivity contribution in [3.8, 4) is 0 Å². The molecular formula is C15H19NO. The minimum absolute atomic E-state index is 0.421. The molecule has 1 heterocycles. The van der Waals surface area contributed by atoms with Gasteiger partial charge in [0.05, 0.1) is 6.10 Å². The molecule has 17 heavy (non-hydrogen) atoms. The first-order chi connectivity index (χ1) is 8.08. The van der Waals surface area contributed by atoms with Crippen molar-refractivity contribution >= 4 is 0 Å². The van der Waals surface area contributed by atoms with Crippen LogP contribution in [0.5, 0.6) is 0 Å². The lowest BCUT2D eigenvalue weighted by atomic mass is 10.1. The van der Waals surface area contributed by atoms with E-state index in [0.717, 1.165) is 12.2 Å². The molecule has 1 unspecified atom stereocenters. The number of aromatic nitrogens is 1. The van der Waals surface area contributed by atoms with E-state index in [0.29, 0.717) is 0 Å². The van der Waals surface area contributed by atoms with Crippen LogP contribution in [0, 0.1) is 13.8 Å². The Morgan fingerprint density at radius 3 is 2.71 bits per heavy atom. The lowest BCUT2D eigenvalue weighted by Crippen LogP contribution is -2.07. The van der Waals surface area contributed by atoms with E-state index in [9.17, 15) is 5.11 Å². The van der Waals surface area contributed by atoms with E-state index in [1.165, 1.54) is 16.7 Å². The first kappa shape index (κ1) is 11.9. The minimum atomic E-state index is -0.421. The van der Waals surface area contributed by atoms with E-state index < -0.39 is 6.10 Å². The largest absolute Gasteiger partial charge is 0.387 e. The Labute approximate surface area is 103 Å².